The molecular formula is C17H26N2O. The quantitative estimate of drug-likeness (QED) is 0.803. The first-order valence-corrected chi connectivity index (χ1v) is 7.65. The Bertz CT molecular complexity index is 442. The number of hydrogen-bond donors (Lipinski definition) is 2. The predicted octanol–water partition coefficient (Wildman–Crippen LogP) is 2.81. The smallest absolute Gasteiger partial charge is 0.221 e. The Morgan fingerprint density at radius 2 is 2.05 bits per heavy atom. The lowest BCUT2D eigenvalue weighted by atomic mass is 9.91. The number of carbonyl (C=O) groups excluding carboxylic acids is 1. The monoisotopic (exact) mass is 274 g/mol. The fourth-order valence-corrected chi connectivity index (χ4v) is 2.86. The molecule has 2 unspecified atom stereocenters. The molecule has 3 N–H and O–H groups in total. The summed E-state index contributed by atoms with van der Waals surface area (Å²) in [6, 6.07) is 10.3. The van der Waals surface area contributed by atoms with E-state index in [1.165, 1.54) is 18.4 Å². The second kappa shape index (κ2) is 6.40. The first kappa shape index (κ1) is 15.0. The molecule has 0 bridgehead atoms. The average Bonchev–Trinajstić information content (AvgIpc) is 3.30. The normalized spacial score (nSPS) is 19.1. The summed E-state index contributed by atoms with van der Waals surface area (Å²) in [6.07, 6.45) is 3.89. The summed E-state index contributed by atoms with van der Waals surface area (Å²) in [5, 5.41) is 3.18. The Morgan fingerprint density at radius 1 is 1.40 bits per heavy atom. The summed E-state index contributed by atoms with van der Waals surface area (Å²) in [4.78, 5) is 12.3. The summed E-state index contributed by atoms with van der Waals surface area (Å²) in [7, 11) is 0. The maximum Gasteiger partial charge on any atom is 0.221 e. The minimum absolute atomic E-state index is 0.126. The van der Waals surface area contributed by atoms with E-state index in [-0.39, 0.29) is 17.4 Å². The van der Waals surface area contributed by atoms with Gasteiger partial charge in [-0.1, -0.05) is 37.3 Å². The van der Waals surface area contributed by atoms with Crippen molar-refractivity contribution in [3.05, 3.63) is 35.9 Å². The maximum absolute atomic E-state index is 12.3. The molecule has 0 aromatic heterocycles. The van der Waals surface area contributed by atoms with Crippen LogP contribution >= 0.6 is 0 Å². The van der Waals surface area contributed by atoms with Gasteiger partial charge in [0.25, 0.3) is 0 Å². The standard InChI is InChI=1S/C17H26N2O/c1-3-13(14-7-5-4-6-8-14)11-16(20)19-17(2,12-18)15-9-10-15/h4-8,13,15H,3,9-12,18H2,1-2H3,(H,19,20). The summed E-state index contributed by atoms with van der Waals surface area (Å²) >= 11 is 0. The van der Waals surface area contributed by atoms with Crippen molar-refractivity contribution in [1.29, 1.82) is 0 Å². The molecule has 20 heavy (non-hydrogen) atoms. The molecule has 1 aromatic carbocycles. The van der Waals surface area contributed by atoms with Gasteiger partial charge in [-0.2, -0.15) is 0 Å². The molecule has 2 atom stereocenters. The second-order valence-corrected chi connectivity index (χ2v) is 6.16. The molecule has 1 aliphatic rings. The molecule has 0 saturated heterocycles. The van der Waals surface area contributed by atoms with E-state index in [9.17, 15) is 4.79 Å². The number of nitrogens with two attached hydrogens (primary N) is 1. The molecule has 0 radical (unpaired) electrons. The maximum atomic E-state index is 12.3. The Labute approximate surface area is 121 Å². The highest BCUT2D eigenvalue weighted by Gasteiger charge is 2.41. The molecule has 3 nitrogen and oxygen atoms in total. The Hall–Kier alpha value is -1.35. The van der Waals surface area contributed by atoms with Crippen LogP contribution in [0.15, 0.2) is 30.3 Å². The molecule has 110 valence electrons. The van der Waals surface area contributed by atoms with E-state index in [2.05, 4.69) is 31.3 Å². The van der Waals surface area contributed by atoms with Gasteiger partial charge in [-0.3, -0.25) is 4.79 Å². The van der Waals surface area contributed by atoms with E-state index in [1.54, 1.807) is 0 Å². The van der Waals surface area contributed by atoms with E-state index >= 15 is 0 Å². The van der Waals surface area contributed by atoms with Gasteiger partial charge in [-0.25, -0.2) is 0 Å². The average molecular weight is 274 g/mol. The molecule has 1 aliphatic carbocycles. The topological polar surface area (TPSA) is 55.1 Å². The van der Waals surface area contributed by atoms with Gasteiger partial charge in [-0.05, 0) is 43.6 Å². The van der Waals surface area contributed by atoms with Gasteiger partial charge in [0, 0.05) is 13.0 Å². The van der Waals surface area contributed by atoms with Crippen LogP contribution in [0.2, 0.25) is 0 Å². The highest BCUT2D eigenvalue weighted by atomic mass is 16.1. The molecule has 1 saturated carbocycles. The Morgan fingerprint density at radius 3 is 2.55 bits per heavy atom. The van der Waals surface area contributed by atoms with Gasteiger partial charge >= 0.3 is 0 Å². The van der Waals surface area contributed by atoms with Crippen molar-refractivity contribution in [2.24, 2.45) is 11.7 Å². The molecule has 0 spiro atoms. The second-order valence-electron chi connectivity index (χ2n) is 6.16. The van der Waals surface area contributed by atoms with Crippen LogP contribution in [0.3, 0.4) is 0 Å². The largest absolute Gasteiger partial charge is 0.349 e. The van der Waals surface area contributed by atoms with Crippen molar-refractivity contribution in [3.8, 4) is 0 Å². The van der Waals surface area contributed by atoms with Gasteiger partial charge < -0.3 is 11.1 Å². The van der Waals surface area contributed by atoms with Crippen molar-refractivity contribution in [1.82, 2.24) is 5.32 Å². The summed E-state index contributed by atoms with van der Waals surface area (Å²) < 4.78 is 0. The van der Waals surface area contributed by atoms with Crippen LogP contribution in [0.4, 0.5) is 0 Å². The molecule has 0 aliphatic heterocycles. The molecule has 2 rings (SSSR count). The number of nitrogens with one attached hydrogen (secondary N) is 1. The van der Waals surface area contributed by atoms with Crippen LogP contribution in [-0.4, -0.2) is 18.0 Å². The third-order valence-corrected chi connectivity index (χ3v) is 4.52. The van der Waals surface area contributed by atoms with Crippen LogP contribution in [0.5, 0.6) is 0 Å². The lowest BCUT2D eigenvalue weighted by Crippen LogP contribution is -2.53. The van der Waals surface area contributed by atoms with Crippen molar-refractivity contribution in [2.45, 2.75) is 51.0 Å². The zero-order valence-corrected chi connectivity index (χ0v) is 12.6. The van der Waals surface area contributed by atoms with Gasteiger partial charge in [0.15, 0.2) is 0 Å². The fraction of sp³-hybridized carbons (Fsp3) is 0.588. The predicted molar refractivity (Wildman–Crippen MR) is 82.4 cm³/mol. The first-order valence-electron chi connectivity index (χ1n) is 7.65. The number of rotatable bonds is 7. The number of carbonyl (C=O) groups is 1. The third-order valence-electron chi connectivity index (χ3n) is 4.52. The molecule has 0 heterocycles. The third kappa shape index (κ3) is 3.60. The highest BCUT2D eigenvalue weighted by Crippen LogP contribution is 2.39. The lowest BCUT2D eigenvalue weighted by Gasteiger charge is -2.30. The van der Waals surface area contributed by atoms with Crippen molar-refractivity contribution in [2.75, 3.05) is 6.54 Å². The summed E-state index contributed by atoms with van der Waals surface area (Å²) in [6.45, 7) is 4.73. The van der Waals surface area contributed by atoms with Gasteiger partial charge in [0.2, 0.25) is 5.91 Å². The molecular weight excluding hydrogens is 248 g/mol. The van der Waals surface area contributed by atoms with Crippen LogP contribution in [0, 0.1) is 5.92 Å². The minimum Gasteiger partial charge on any atom is -0.349 e. The van der Waals surface area contributed by atoms with E-state index in [0.29, 0.717) is 18.9 Å². The van der Waals surface area contributed by atoms with E-state index in [1.807, 2.05) is 18.2 Å². The Balaban J connectivity index is 1.96. The SMILES string of the molecule is CCC(CC(=O)NC(C)(CN)C1CC1)c1ccccc1. The van der Waals surface area contributed by atoms with Gasteiger partial charge in [0.1, 0.15) is 0 Å². The number of hydrogen-bond acceptors (Lipinski definition) is 2. The highest BCUT2D eigenvalue weighted by molar-refractivity contribution is 5.77. The fourth-order valence-electron chi connectivity index (χ4n) is 2.86. The zero-order chi connectivity index (χ0) is 14.6. The molecule has 3 heteroatoms. The van der Waals surface area contributed by atoms with Crippen LogP contribution in [0.25, 0.3) is 0 Å². The molecule has 1 aromatic rings. The van der Waals surface area contributed by atoms with Crippen molar-refractivity contribution >= 4 is 5.91 Å². The van der Waals surface area contributed by atoms with Crippen molar-refractivity contribution in [3.63, 3.8) is 0 Å². The van der Waals surface area contributed by atoms with E-state index in [0.717, 1.165) is 6.42 Å². The summed E-state index contributed by atoms with van der Waals surface area (Å²) in [5.41, 5.74) is 6.88. The van der Waals surface area contributed by atoms with Crippen LogP contribution in [0.1, 0.15) is 51.0 Å². The number of amides is 1. The Kier molecular flexibility index (Phi) is 4.81. The molecule has 1 amide bonds. The van der Waals surface area contributed by atoms with E-state index in [4.69, 9.17) is 5.73 Å². The minimum atomic E-state index is -0.216. The van der Waals surface area contributed by atoms with Crippen LogP contribution in [-0.2, 0) is 4.79 Å². The zero-order valence-electron chi connectivity index (χ0n) is 12.6. The van der Waals surface area contributed by atoms with E-state index < -0.39 is 0 Å². The van der Waals surface area contributed by atoms with Gasteiger partial charge in [0.05, 0.1) is 5.54 Å². The lowest BCUT2D eigenvalue weighted by molar-refractivity contribution is -0.123. The van der Waals surface area contributed by atoms with Gasteiger partial charge in [-0.15, -0.1) is 0 Å². The number of benzene rings is 1. The van der Waals surface area contributed by atoms with Crippen LogP contribution < -0.4 is 11.1 Å². The van der Waals surface area contributed by atoms with Crippen molar-refractivity contribution < 1.29 is 4.79 Å². The summed E-state index contributed by atoms with van der Waals surface area (Å²) in [5.74, 6) is 0.978. The molecule has 1 fully saturated rings. The first-order chi connectivity index (χ1) is 9.59.